The van der Waals surface area contributed by atoms with E-state index in [1.165, 1.54) is 26.0 Å². The topological polar surface area (TPSA) is 485 Å². The van der Waals surface area contributed by atoms with Crippen LogP contribution in [-0.2, 0) is 67.3 Å². The molecule has 1 saturated carbocycles. The molecule has 31 heteroatoms. The van der Waals surface area contributed by atoms with E-state index in [2.05, 4.69) is 36.6 Å². The molecule has 1 aromatic carbocycles. The Morgan fingerprint density at radius 3 is 2.00 bits per heavy atom. The summed E-state index contributed by atoms with van der Waals surface area (Å²) < 4.78 is 0. The molecular formula is C58H87N17O13S. The van der Waals surface area contributed by atoms with Crippen LogP contribution in [0.5, 0.6) is 0 Å². The Morgan fingerprint density at radius 1 is 0.663 bits per heavy atom. The number of thiophene rings is 1. The lowest BCUT2D eigenvalue weighted by molar-refractivity contribution is -0.153. The lowest BCUT2D eigenvalue weighted by atomic mass is 9.84. The molecule has 30 nitrogen and oxygen atoms in total. The number of aliphatic hydroxyl groups is 2. The molecule has 20 N–H and O–H groups in total. The van der Waals surface area contributed by atoms with Gasteiger partial charge in [0, 0.05) is 62.9 Å². The van der Waals surface area contributed by atoms with E-state index in [9.17, 15) is 58.5 Å². The van der Waals surface area contributed by atoms with Crippen molar-refractivity contribution < 1.29 is 63.3 Å². The number of fused-ring (bicyclic) bond motifs is 2. The largest absolute Gasteiger partial charge is 0.480 e. The van der Waals surface area contributed by atoms with Crippen LogP contribution in [0.25, 0.3) is 0 Å². The monoisotopic (exact) mass is 1260 g/mol. The Bertz CT molecular complexity index is 2910. The highest BCUT2D eigenvalue weighted by Crippen LogP contribution is 2.41. The number of likely N-dealkylation sites (tertiary alicyclic amines) is 3. The van der Waals surface area contributed by atoms with E-state index in [0.717, 1.165) is 29.7 Å². The van der Waals surface area contributed by atoms with Gasteiger partial charge in [0.25, 0.3) is 0 Å². The number of nitrogens with zero attached hydrogens (tertiary/aromatic N) is 6. The Hall–Kier alpha value is -8.00. The number of hydrogen-bond acceptors (Lipinski definition) is 17. The number of nitrogens with one attached hydrogen (secondary N) is 5. The Kier molecular flexibility index (Phi) is 25.0. The second-order valence-corrected chi connectivity index (χ2v) is 24.4. The molecule has 2 aromatic rings. The third-order valence-electron chi connectivity index (χ3n) is 17.2. The number of guanidine groups is 2. The van der Waals surface area contributed by atoms with Crippen LogP contribution in [0.1, 0.15) is 106 Å². The molecule has 7 rings (SSSR count). The summed E-state index contributed by atoms with van der Waals surface area (Å²) in [4.78, 5) is 155. The van der Waals surface area contributed by atoms with Gasteiger partial charge in [-0.25, -0.2) is 4.79 Å². The van der Waals surface area contributed by atoms with Crippen LogP contribution in [0.3, 0.4) is 0 Å². The van der Waals surface area contributed by atoms with Gasteiger partial charge in [0.15, 0.2) is 11.9 Å². The molecular weight excluding hydrogens is 1170 g/mol. The molecule has 9 amide bonds. The fourth-order valence-corrected chi connectivity index (χ4v) is 13.5. The number of benzene rings is 1. The zero-order valence-electron chi connectivity index (χ0n) is 49.9. The predicted molar refractivity (Wildman–Crippen MR) is 326 cm³/mol. The van der Waals surface area contributed by atoms with Crippen LogP contribution in [-0.4, -0.2) is 218 Å². The number of aliphatic hydroxyl groups excluding tert-OH is 2. The highest BCUT2D eigenvalue weighted by Gasteiger charge is 2.52. The number of carbonyl (C=O) groups is 10. The normalized spacial score (nSPS) is 22.9. The van der Waals surface area contributed by atoms with Crippen molar-refractivity contribution in [3.05, 3.63) is 57.8 Å². The van der Waals surface area contributed by atoms with Crippen LogP contribution in [0.2, 0.25) is 0 Å². The summed E-state index contributed by atoms with van der Waals surface area (Å²) in [6, 6.07) is -0.853. The number of aliphatic carboxylic acids is 1. The first-order valence-electron chi connectivity index (χ1n) is 30.5. The number of nitrogens with two attached hydrogens (primary N) is 6. The van der Waals surface area contributed by atoms with Crippen LogP contribution in [0, 0.1) is 5.92 Å². The lowest BCUT2D eigenvalue weighted by Gasteiger charge is -2.42. The molecule has 0 spiro atoms. The van der Waals surface area contributed by atoms with Crippen molar-refractivity contribution in [2.24, 2.45) is 50.3 Å². The van der Waals surface area contributed by atoms with Crippen LogP contribution in [0.15, 0.2) is 51.8 Å². The highest BCUT2D eigenvalue weighted by atomic mass is 32.1. The van der Waals surface area contributed by atoms with Crippen LogP contribution < -0.4 is 61.0 Å². The molecule has 0 bridgehead atoms. The number of hydrogen-bond donors (Lipinski definition) is 14. The Labute approximate surface area is 519 Å². The fraction of sp³-hybridized carbons (Fsp3) is 0.621. The lowest BCUT2D eigenvalue weighted by Crippen LogP contribution is -2.63. The maximum Gasteiger partial charge on any atom is 0.326 e. The minimum absolute atomic E-state index is 0.00330. The van der Waals surface area contributed by atoms with E-state index in [4.69, 9.17) is 34.4 Å². The van der Waals surface area contributed by atoms with Crippen molar-refractivity contribution in [2.75, 3.05) is 45.9 Å². The molecule has 3 saturated heterocycles. The van der Waals surface area contributed by atoms with Gasteiger partial charge in [-0.3, -0.25) is 53.1 Å². The van der Waals surface area contributed by atoms with E-state index in [-0.39, 0.29) is 115 Å². The van der Waals surface area contributed by atoms with Crippen molar-refractivity contribution >= 4 is 82.4 Å². The summed E-state index contributed by atoms with van der Waals surface area (Å²) in [7, 11) is 0. The number of carboxylic acid groups (broad SMARTS) is 1. The number of aliphatic imine (C=N–C) groups is 2. The first kappa shape index (κ1) is 68.5. The summed E-state index contributed by atoms with van der Waals surface area (Å²) >= 11 is 1.28. The van der Waals surface area contributed by atoms with Gasteiger partial charge in [-0.05, 0) is 106 Å². The minimum Gasteiger partial charge on any atom is -0.480 e. The zero-order valence-corrected chi connectivity index (χ0v) is 50.7. The maximum atomic E-state index is 15.3. The quantitative estimate of drug-likeness (QED) is 0.0208. The van der Waals surface area contributed by atoms with Crippen molar-refractivity contribution in [2.45, 2.75) is 176 Å². The SMILES string of the molecule is NCCC[C@@H](N)C(=O)N[C@@H](CCCN=C(N)N)C(=O)N1CCC[C@H]1C(=O)N1C[C@H](O)C[C@H]1C(=O)NCC(=O)N[C@@H](Cc1cccs1)C(=O)N[C@@H](CO)C(=O)N1Cc2ccccc2C[C@@H]1C(=O)N1[C@H](C(=O)N[C@@H](CCCN=C(N)N)C(=O)O)C[C@@H]2CCCC[C@@H]21. The summed E-state index contributed by atoms with van der Waals surface area (Å²) in [6.07, 6.45) is 3.76. The molecule has 0 radical (unpaired) electrons. The standard InChI is InChI=1S/C58H87N17O13S/c59-19-5-14-37(60)48(79)69-38(15-6-20-65-57(61)62)52(83)72-22-8-18-43(72)54(85)74-30-35(77)26-44(74)50(81)67-28-47(78)68-40(27-36-13-9-23-89-36)49(80)71-41(31-76)53(84)73-29-34-12-2-1-10-32(34)24-46(73)55(86)75-42-17-4-3-11-33(42)25-45(75)51(82)70-39(56(87)88)16-7-21-66-58(63)64/h1-2,9-10,12-13,23,33,35,37-46,76-77H,3-8,11,14-22,24-31,59-60H2,(H,67,81)(H,68,78)(H,69,79)(H,70,82)(H,71,80)(H,87,88)(H4,61,62,65)(H4,63,64,66)/t33-,35+,37+,38-,39-,40-,41-,42-,43-,44-,45-,46+/m0/s1. The van der Waals surface area contributed by atoms with Crippen molar-refractivity contribution in [1.29, 1.82) is 0 Å². The highest BCUT2D eigenvalue weighted by molar-refractivity contribution is 7.09. The molecule has 4 fully saturated rings. The second-order valence-electron chi connectivity index (χ2n) is 23.4. The Balaban J connectivity index is 1.03. The van der Waals surface area contributed by atoms with Crippen molar-refractivity contribution in [1.82, 2.24) is 46.2 Å². The van der Waals surface area contributed by atoms with Crippen LogP contribution in [0.4, 0.5) is 0 Å². The molecule has 5 aliphatic rings. The van der Waals surface area contributed by atoms with E-state index in [1.807, 2.05) is 6.07 Å². The Morgan fingerprint density at radius 2 is 1.34 bits per heavy atom. The predicted octanol–water partition coefficient (Wildman–Crippen LogP) is -4.34. The molecule has 1 aliphatic carbocycles. The summed E-state index contributed by atoms with van der Waals surface area (Å²) in [5.74, 6) is -8.06. The van der Waals surface area contributed by atoms with E-state index >= 15 is 4.79 Å². The molecule has 0 unspecified atom stereocenters. The summed E-state index contributed by atoms with van der Waals surface area (Å²) in [6.45, 7) is -1.29. The maximum absolute atomic E-state index is 15.3. The number of carbonyl (C=O) groups excluding carboxylic acids is 9. The van der Waals surface area contributed by atoms with Gasteiger partial charge in [-0.1, -0.05) is 43.2 Å². The van der Waals surface area contributed by atoms with E-state index < -0.39 is 139 Å². The van der Waals surface area contributed by atoms with Gasteiger partial charge >= 0.3 is 5.97 Å². The minimum atomic E-state index is -1.66. The first-order valence-corrected chi connectivity index (χ1v) is 31.4. The number of amides is 9. The van der Waals surface area contributed by atoms with Gasteiger partial charge in [0.1, 0.15) is 48.3 Å². The molecule has 12 atom stereocenters. The molecule has 5 heterocycles. The van der Waals surface area contributed by atoms with Gasteiger partial charge < -0.3 is 95.9 Å². The van der Waals surface area contributed by atoms with E-state index in [0.29, 0.717) is 36.2 Å². The molecule has 4 aliphatic heterocycles. The second kappa shape index (κ2) is 32.5. The van der Waals surface area contributed by atoms with Gasteiger partial charge in [0.2, 0.25) is 53.2 Å². The van der Waals surface area contributed by atoms with Crippen molar-refractivity contribution in [3.8, 4) is 0 Å². The molecule has 89 heavy (non-hydrogen) atoms. The van der Waals surface area contributed by atoms with Gasteiger partial charge in [-0.2, -0.15) is 0 Å². The van der Waals surface area contributed by atoms with E-state index in [1.54, 1.807) is 35.7 Å². The molecule has 1 aromatic heterocycles. The van der Waals surface area contributed by atoms with Crippen LogP contribution >= 0.6 is 11.3 Å². The van der Waals surface area contributed by atoms with Gasteiger partial charge in [0.05, 0.1) is 25.3 Å². The fourth-order valence-electron chi connectivity index (χ4n) is 12.7. The average Bonchev–Trinajstić information content (AvgIpc) is 1.76. The number of carboxylic acids is 1. The number of β-amino-alcohol motifs (C(OH)–C–C–N with tert-alkyl or cyclic N) is 1. The van der Waals surface area contributed by atoms with Gasteiger partial charge in [-0.15, -0.1) is 11.3 Å². The third kappa shape index (κ3) is 18.1. The summed E-state index contributed by atoms with van der Waals surface area (Å²) in [5, 5.41) is 46.7. The average molecular weight is 1260 g/mol. The summed E-state index contributed by atoms with van der Waals surface area (Å²) in [5.41, 5.74) is 35.0. The smallest absolute Gasteiger partial charge is 0.326 e. The third-order valence-corrected chi connectivity index (χ3v) is 18.1. The number of rotatable bonds is 29. The first-order chi connectivity index (χ1) is 42.6. The van der Waals surface area contributed by atoms with Crippen molar-refractivity contribution in [3.63, 3.8) is 0 Å². The zero-order chi connectivity index (χ0) is 64.5. The molecule has 488 valence electrons.